The highest BCUT2D eigenvalue weighted by atomic mass is 79.9. The van der Waals surface area contributed by atoms with Crippen molar-refractivity contribution in [1.29, 1.82) is 0 Å². The maximum Gasteiger partial charge on any atom is 0.233 e. The first-order valence-corrected chi connectivity index (χ1v) is 7.44. The number of aromatic nitrogens is 1. The van der Waals surface area contributed by atoms with Crippen LogP contribution in [0, 0.1) is 0 Å². The Hall–Kier alpha value is -1.53. The number of nitrogens with two attached hydrogens (primary N) is 1. The molecule has 0 saturated heterocycles. The van der Waals surface area contributed by atoms with Gasteiger partial charge in [0.2, 0.25) is 5.89 Å². The van der Waals surface area contributed by atoms with Crippen molar-refractivity contribution in [3.05, 3.63) is 51.2 Å². The van der Waals surface area contributed by atoms with Crippen LogP contribution < -0.4 is 10.5 Å². The van der Waals surface area contributed by atoms with Crippen LogP contribution in [0.5, 0.6) is 5.75 Å². The number of halogens is 2. The monoisotopic (exact) mass is 396 g/mol. The summed E-state index contributed by atoms with van der Waals surface area (Å²) in [5.74, 6) is 1.20. The Morgan fingerprint density at radius 3 is 2.50 bits per heavy atom. The van der Waals surface area contributed by atoms with Gasteiger partial charge in [0.1, 0.15) is 11.3 Å². The number of oxazole rings is 1. The Morgan fingerprint density at radius 2 is 1.80 bits per heavy atom. The molecular formula is C14H10Br2N2O2. The Balaban J connectivity index is 1.85. The van der Waals surface area contributed by atoms with Crippen molar-refractivity contribution in [2.75, 3.05) is 5.73 Å². The number of benzene rings is 2. The lowest BCUT2D eigenvalue weighted by Crippen LogP contribution is -1.97. The molecule has 0 aliphatic carbocycles. The molecule has 102 valence electrons. The van der Waals surface area contributed by atoms with Crippen molar-refractivity contribution >= 4 is 48.6 Å². The maximum absolute atomic E-state index is 5.85. The second-order valence-corrected chi connectivity index (χ2v) is 5.85. The van der Waals surface area contributed by atoms with Crippen molar-refractivity contribution in [2.24, 2.45) is 0 Å². The van der Waals surface area contributed by atoms with E-state index in [0.717, 1.165) is 8.95 Å². The third-order valence-electron chi connectivity index (χ3n) is 2.75. The largest absolute Gasteiger partial charge is 0.481 e. The summed E-state index contributed by atoms with van der Waals surface area (Å²) in [6, 6.07) is 11.2. The summed E-state index contributed by atoms with van der Waals surface area (Å²) in [6.45, 7) is 0.231. The maximum atomic E-state index is 5.85. The highest BCUT2D eigenvalue weighted by Gasteiger charge is 2.11. The normalized spacial score (nSPS) is 10.9. The molecule has 0 aliphatic heterocycles. The van der Waals surface area contributed by atoms with Gasteiger partial charge in [-0.05, 0) is 56.1 Å². The fourth-order valence-corrected chi connectivity index (χ4v) is 3.06. The minimum absolute atomic E-state index is 0.231. The molecule has 0 atom stereocenters. The van der Waals surface area contributed by atoms with Crippen LogP contribution in [0.2, 0.25) is 0 Å². The molecule has 6 heteroatoms. The van der Waals surface area contributed by atoms with E-state index in [2.05, 4.69) is 36.8 Å². The first-order valence-electron chi connectivity index (χ1n) is 5.86. The number of hydrogen-bond acceptors (Lipinski definition) is 4. The van der Waals surface area contributed by atoms with Gasteiger partial charge in [-0.1, -0.05) is 12.1 Å². The SMILES string of the molecule is Nc1cccc2oc(COc3c(Br)cccc3Br)nc12. The van der Waals surface area contributed by atoms with E-state index in [-0.39, 0.29) is 6.61 Å². The zero-order valence-corrected chi connectivity index (χ0v) is 13.4. The first kappa shape index (κ1) is 13.5. The minimum Gasteiger partial charge on any atom is -0.481 e. The van der Waals surface area contributed by atoms with E-state index in [1.165, 1.54) is 0 Å². The first-order chi connectivity index (χ1) is 9.65. The molecule has 0 aliphatic rings. The topological polar surface area (TPSA) is 61.3 Å². The van der Waals surface area contributed by atoms with Crippen molar-refractivity contribution in [3.63, 3.8) is 0 Å². The van der Waals surface area contributed by atoms with E-state index >= 15 is 0 Å². The van der Waals surface area contributed by atoms with Gasteiger partial charge in [0.05, 0.1) is 14.6 Å². The minimum atomic E-state index is 0.231. The van der Waals surface area contributed by atoms with Gasteiger partial charge in [-0.15, -0.1) is 0 Å². The number of nitrogen functional groups attached to an aromatic ring is 1. The number of hydrogen-bond donors (Lipinski definition) is 1. The molecule has 0 spiro atoms. The number of para-hydroxylation sites is 2. The highest BCUT2D eigenvalue weighted by molar-refractivity contribution is 9.11. The van der Waals surface area contributed by atoms with Crippen LogP contribution >= 0.6 is 31.9 Å². The molecule has 2 N–H and O–H groups in total. The lowest BCUT2D eigenvalue weighted by Gasteiger charge is -2.07. The van der Waals surface area contributed by atoms with Crippen LogP contribution in [0.25, 0.3) is 11.1 Å². The average Bonchev–Trinajstić information content (AvgIpc) is 2.83. The van der Waals surface area contributed by atoms with Crippen LogP contribution in [0.15, 0.2) is 49.8 Å². The van der Waals surface area contributed by atoms with Gasteiger partial charge in [0.15, 0.2) is 12.2 Å². The second-order valence-electron chi connectivity index (χ2n) is 4.14. The van der Waals surface area contributed by atoms with Crippen molar-refractivity contribution in [2.45, 2.75) is 6.61 Å². The zero-order chi connectivity index (χ0) is 14.1. The molecule has 0 saturated carbocycles. The number of fused-ring (bicyclic) bond motifs is 1. The van der Waals surface area contributed by atoms with Crippen LogP contribution in [-0.4, -0.2) is 4.98 Å². The summed E-state index contributed by atoms with van der Waals surface area (Å²) in [4.78, 5) is 4.34. The summed E-state index contributed by atoms with van der Waals surface area (Å²) in [5, 5.41) is 0. The van der Waals surface area contributed by atoms with Gasteiger partial charge in [0.25, 0.3) is 0 Å². The molecule has 3 aromatic rings. The Kier molecular flexibility index (Phi) is 3.67. The van der Waals surface area contributed by atoms with Crippen LogP contribution in [0.3, 0.4) is 0 Å². The molecule has 20 heavy (non-hydrogen) atoms. The number of nitrogens with zero attached hydrogens (tertiary/aromatic N) is 1. The van der Waals surface area contributed by atoms with Crippen molar-refractivity contribution < 1.29 is 9.15 Å². The summed E-state index contributed by atoms with van der Waals surface area (Å²) >= 11 is 6.88. The van der Waals surface area contributed by atoms with E-state index in [9.17, 15) is 0 Å². The predicted molar refractivity (Wildman–Crippen MR) is 84.6 cm³/mol. The molecule has 4 nitrogen and oxygen atoms in total. The van der Waals surface area contributed by atoms with Gasteiger partial charge >= 0.3 is 0 Å². The number of anilines is 1. The molecule has 2 aromatic carbocycles. The summed E-state index contributed by atoms with van der Waals surface area (Å²) in [5.41, 5.74) is 7.77. The smallest absolute Gasteiger partial charge is 0.233 e. The fraction of sp³-hybridized carbons (Fsp3) is 0.0714. The Bertz CT molecular complexity index is 751. The molecule has 0 fully saturated rings. The zero-order valence-electron chi connectivity index (χ0n) is 10.3. The number of rotatable bonds is 3. The van der Waals surface area contributed by atoms with Crippen LogP contribution in [0.1, 0.15) is 5.89 Å². The molecule has 0 bridgehead atoms. The summed E-state index contributed by atoms with van der Waals surface area (Å²) < 4.78 is 13.1. The quantitative estimate of drug-likeness (QED) is 0.660. The molecule has 3 rings (SSSR count). The lowest BCUT2D eigenvalue weighted by molar-refractivity contribution is 0.264. The Morgan fingerprint density at radius 1 is 1.10 bits per heavy atom. The van der Waals surface area contributed by atoms with Gasteiger partial charge in [-0.25, -0.2) is 4.98 Å². The fourth-order valence-electron chi connectivity index (χ4n) is 1.83. The van der Waals surface area contributed by atoms with E-state index < -0.39 is 0 Å². The van der Waals surface area contributed by atoms with Crippen LogP contribution in [0.4, 0.5) is 5.69 Å². The molecule has 1 heterocycles. The van der Waals surface area contributed by atoms with Gasteiger partial charge in [-0.3, -0.25) is 0 Å². The van der Waals surface area contributed by atoms with Crippen molar-refractivity contribution in [3.8, 4) is 5.75 Å². The summed E-state index contributed by atoms with van der Waals surface area (Å²) in [7, 11) is 0. The van der Waals surface area contributed by atoms with E-state index in [1.54, 1.807) is 6.07 Å². The standard InChI is InChI=1S/C14H10Br2N2O2/c15-8-3-1-4-9(16)14(8)19-7-12-18-13-10(17)5-2-6-11(13)20-12/h1-6H,7,17H2. The van der Waals surface area contributed by atoms with Crippen molar-refractivity contribution in [1.82, 2.24) is 4.98 Å². The van der Waals surface area contributed by atoms with E-state index in [1.807, 2.05) is 30.3 Å². The molecule has 0 radical (unpaired) electrons. The van der Waals surface area contributed by atoms with Gasteiger partial charge in [0, 0.05) is 0 Å². The van der Waals surface area contributed by atoms with E-state index in [0.29, 0.717) is 28.4 Å². The molecular weight excluding hydrogens is 388 g/mol. The van der Waals surface area contributed by atoms with E-state index in [4.69, 9.17) is 14.9 Å². The number of ether oxygens (including phenoxy) is 1. The third-order valence-corrected chi connectivity index (χ3v) is 4.00. The second kappa shape index (κ2) is 5.46. The lowest BCUT2D eigenvalue weighted by atomic mass is 10.3. The summed E-state index contributed by atoms with van der Waals surface area (Å²) in [6.07, 6.45) is 0. The van der Waals surface area contributed by atoms with Gasteiger partial charge < -0.3 is 14.9 Å². The molecule has 1 aromatic heterocycles. The Labute approximate surface area is 132 Å². The molecule has 0 amide bonds. The highest BCUT2D eigenvalue weighted by Crippen LogP contribution is 2.33. The third kappa shape index (κ3) is 2.53. The molecule has 0 unspecified atom stereocenters. The predicted octanol–water partition coefficient (Wildman–Crippen LogP) is 4.51. The average molecular weight is 398 g/mol. The van der Waals surface area contributed by atoms with Gasteiger partial charge in [-0.2, -0.15) is 0 Å². The van der Waals surface area contributed by atoms with Crippen LogP contribution in [-0.2, 0) is 6.61 Å².